The molecule has 0 bridgehead atoms. The molecule has 2 heterocycles. The molecule has 1 aliphatic heterocycles. The largest absolute Gasteiger partial charge is 0.340 e. The first-order valence-electron chi connectivity index (χ1n) is 4.99. The fourth-order valence-corrected chi connectivity index (χ4v) is 1.70. The van der Waals surface area contributed by atoms with Gasteiger partial charge in [-0.1, -0.05) is 0 Å². The maximum atomic E-state index is 4.31. The molecule has 0 aliphatic carbocycles. The number of rotatable bonds is 2. The number of nitrogens with zero attached hydrogens (tertiary/aromatic N) is 3. The summed E-state index contributed by atoms with van der Waals surface area (Å²) in [5.41, 5.74) is 1.10. The Balaban J connectivity index is 2.09. The van der Waals surface area contributed by atoms with Crippen molar-refractivity contribution < 1.29 is 0 Å². The van der Waals surface area contributed by atoms with Gasteiger partial charge in [0.2, 0.25) is 5.95 Å². The fourth-order valence-electron chi connectivity index (χ4n) is 1.70. The van der Waals surface area contributed by atoms with E-state index in [1.165, 1.54) is 6.42 Å². The molecule has 4 heteroatoms. The van der Waals surface area contributed by atoms with Crippen molar-refractivity contribution in [1.82, 2.24) is 15.3 Å². The van der Waals surface area contributed by atoms with Gasteiger partial charge in [-0.2, -0.15) is 0 Å². The summed E-state index contributed by atoms with van der Waals surface area (Å²) < 4.78 is 0. The molecule has 1 aromatic rings. The quantitative estimate of drug-likeness (QED) is 0.744. The minimum Gasteiger partial charge on any atom is -0.340 e. The molecule has 0 aromatic carbocycles. The monoisotopic (exact) mass is 192 g/mol. The van der Waals surface area contributed by atoms with Gasteiger partial charge in [-0.05, 0) is 25.5 Å². The van der Waals surface area contributed by atoms with Crippen LogP contribution in [0, 0.1) is 6.92 Å². The van der Waals surface area contributed by atoms with Crippen LogP contribution in [0.25, 0.3) is 0 Å². The van der Waals surface area contributed by atoms with E-state index in [0.717, 1.165) is 24.6 Å². The van der Waals surface area contributed by atoms with E-state index in [-0.39, 0.29) is 0 Å². The lowest BCUT2D eigenvalue weighted by Crippen LogP contribution is -2.34. The second-order valence-electron chi connectivity index (χ2n) is 3.82. The molecule has 2 rings (SSSR count). The molecule has 14 heavy (non-hydrogen) atoms. The second-order valence-corrected chi connectivity index (χ2v) is 3.82. The highest BCUT2D eigenvalue weighted by atomic mass is 15.3. The topological polar surface area (TPSA) is 41.1 Å². The van der Waals surface area contributed by atoms with Crippen molar-refractivity contribution in [3.8, 4) is 0 Å². The van der Waals surface area contributed by atoms with Crippen molar-refractivity contribution in [3.05, 3.63) is 18.0 Å². The van der Waals surface area contributed by atoms with Crippen molar-refractivity contribution in [3.63, 3.8) is 0 Å². The minimum atomic E-state index is 0.540. The second kappa shape index (κ2) is 3.92. The summed E-state index contributed by atoms with van der Waals surface area (Å²) in [6.45, 7) is 4.13. The number of nitrogens with one attached hydrogen (secondary N) is 1. The SMILES string of the molecule is Cc1cnc(N(C)C2CCNC2)nc1. The highest BCUT2D eigenvalue weighted by Gasteiger charge is 2.20. The molecule has 1 aliphatic rings. The lowest BCUT2D eigenvalue weighted by atomic mass is 10.2. The average molecular weight is 192 g/mol. The van der Waals surface area contributed by atoms with Crippen LogP contribution in [0.15, 0.2) is 12.4 Å². The van der Waals surface area contributed by atoms with Gasteiger partial charge in [0, 0.05) is 32.0 Å². The Labute approximate surface area is 84.4 Å². The molecular weight excluding hydrogens is 176 g/mol. The summed E-state index contributed by atoms with van der Waals surface area (Å²) in [5, 5.41) is 3.34. The summed E-state index contributed by atoms with van der Waals surface area (Å²) >= 11 is 0. The predicted octanol–water partition coefficient (Wildman–Crippen LogP) is 0.583. The first-order chi connectivity index (χ1) is 6.77. The molecule has 0 radical (unpaired) electrons. The van der Waals surface area contributed by atoms with E-state index >= 15 is 0 Å². The molecule has 1 unspecified atom stereocenters. The first kappa shape index (κ1) is 9.40. The van der Waals surface area contributed by atoms with Crippen molar-refractivity contribution >= 4 is 5.95 Å². The Morgan fingerprint density at radius 2 is 2.14 bits per heavy atom. The lowest BCUT2D eigenvalue weighted by Gasteiger charge is -2.23. The van der Waals surface area contributed by atoms with E-state index in [2.05, 4.69) is 27.2 Å². The highest BCUT2D eigenvalue weighted by Crippen LogP contribution is 2.12. The zero-order chi connectivity index (χ0) is 9.97. The maximum absolute atomic E-state index is 4.31. The summed E-state index contributed by atoms with van der Waals surface area (Å²) in [6, 6.07) is 0.540. The Kier molecular flexibility index (Phi) is 2.63. The molecular formula is C10H16N4. The summed E-state index contributed by atoms with van der Waals surface area (Å²) in [6.07, 6.45) is 4.90. The fraction of sp³-hybridized carbons (Fsp3) is 0.600. The first-order valence-corrected chi connectivity index (χ1v) is 4.99. The number of aromatic nitrogens is 2. The molecule has 1 fully saturated rings. The van der Waals surface area contributed by atoms with Crippen LogP contribution in [0.3, 0.4) is 0 Å². The van der Waals surface area contributed by atoms with Crippen LogP contribution in [-0.2, 0) is 0 Å². The molecule has 0 saturated carbocycles. The van der Waals surface area contributed by atoms with Crippen LogP contribution in [0.5, 0.6) is 0 Å². The summed E-state index contributed by atoms with van der Waals surface area (Å²) in [5.74, 6) is 0.823. The molecule has 0 spiro atoms. The van der Waals surface area contributed by atoms with E-state index < -0.39 is 0 Å². The van der Waals surface area contributed by atoms with E-state index in [4.69, 9.17) is 0 Å². The Hall–Kier alpha value is -1.16. The van der Waals surface area contributed by atoms with Gasteiger partial charge in [0.1, 0.15) is 0 Å². The zero-order valence-corrected chi connectivity index (χ0v) is 8.70. The van der Waals surface area contributed by atoms with Crippen LogP contribution >= 0.6 is 0 Å². The third kappa shape index (κ3) is 1.85. The van der Waals surface area contributed by atoms with Crippen molar-refractivity contribution in [2.45, 2.75) is 19.4 Å². The number of hydrogen-bond acceptors (Lipinski definition) is 4. The van der Waals surface area contributed by atoms with Crippen molar-refractivity contribution in [2.75, 3.05) is 25.0 Å². The standard InChI is InChI=1S/C10H16N4/c1-8-5-12-10(13-6-8)14(2)9-3-4-11-7-9/h5-6,9,11H,3-4,7H2,1-2H3. The normalized spacial score (nSPS) is 21.1. The van der Waals surface area contributed by atoms with E-state index in [9.17, 15) is 0 Å². The van der Waals surface area contributed by atoms with Crippen molar-refractivity contribution in [2.24, 2.45) is 0 Å². The Morgan fingerprint density at radius 1 is 1.43 bits per heavy atom. The smallest absolute Gasteiger partial charge is 0.225 e. The van der Waals surface area contributed by atoms with E-state index in [1.807, 2.05) is 19.3 Å². The van der Waals surface area contributed by atoms with Crippen LogP contribution in [0.2, 0.25) is 0 Å². The maximum Gasteiger partial charge on any atom is 0.225 e. The number of aryl methyl sites for hydroxylation is 1. The predicted molar refractivity (Wildman–Crippen MR) is 56.4 cm³/mol. The number of likely N-dealkylation sites (N-methyl/N-ethyl adjacent to an activating group) is 1. The van der Waals surface area contributed by atoms with Crippen molar-refractivity contribution in [1.29, 1.82) is 0 Å². The van der Waals surface area contributed by atoms with E-state index in [1.54, 1.807) is 0 Å². The van der Waals surface area contributed by atoms with Gasteiger partial charge in [0.15, 0.2) is 0 Å². The zero-order valence-electron chi connectivity index (χ0n) is 8.70. The van der Waals surface area contributed by atoms with Gasteiger partial charge in [0.05, 0.1) is 0 Å². The van der Waals surface area contributed by atoms with Crippen LogP contribution < -0.4 is 10.2 Å². The molecule has 4 nitrogen and oxygen atoms in total. The Bertz CT molecular complexity index is 289. The van der Waals surface area contributed by atoms with Gasteiger partial charge in [0.25, 0.3) is 0 Å². The van der Waals surface area contributed by atoms with Crippen LogP contribution in [-0.4, -0.2) is 36.1 Å². The minimum absolute atomic E-state index is 0.540. The van der Waals surface area contributed by atoms with Gasteiger partial charge < -0.3 is 10.2 Å². The molecule has 1 aromatic heterocycles. The molecule has 1 saturated heterocycles. The van der Waals surface area contributed by atoms with Crippen LogP contribution in [0.4, 0.5) is 5.95 Å². The molecule has 76 valence electrons. The van der Waals surface area contributed by atoms with Gasteiger partial charge in [-0.15, -0.1) is 0 Å². The number of hydrogen-bond donors (Lipinski definition) is 1. The Morgan fingerprint density at radius 3 is 2.71 bits per heavy atom. The van der Waals surface area contributed by atoms with Gasteiger partial charge in [-0.3, -0.25) is 0 Å². The average Bonchev–Trinajstić information content (AvgIpc) is 2.71. The van der Waals surface area contributed by atoms with Crippen LogP contribution in [0.1, 0.15) is 12.0 Å². The summed E-state index contributed by atoms with van der Waals surface area (Å²) in [4.78, 5) is 10.8. The van der Waals surface area contributed by atoms with Gasteiger partial charge >= 0.3 is 0 Å². The number of anilines is 1. The van der Waals surface area contributed by atoms with E-state index in [0.29, 0.717) is 6.04 Å². The third-order valence-electron chi connectivity index (χ3n) is 2.66. The molecule has 0 amide bonds. The molecule has 1 N–H and O–H groups in total. The third-order valence-corrected chi connectivity index (χ3v) is 2.66. The summed E-state index contributed by atoms with van der Waals surface area (Å²) in [7, 11) is 2.06. The lowest BCUT2D eigenvalue weighted by molar-refractivity contribution is 0.668. The highest BCUT2D eigenvalue weighted by molar-refractivity contribution is 5.30. The van der Waals surface area contributed by atoms with Gasteiger partial charge in [-0.25, -0.2) is 9.97 Å². The molecule has 1 atom stereocenters.